The quantitative estimate of drug-likeness (QED) is 0.752. The zero-order valence-electron chi connectivity index (χ0n) is 12.3. The molecular formula is C15H26N2O. The first-order valence-electron chi connectivity index (χ1n) is 6.55. The minimum Gasteiger partial charge on any atom is -0.496 e. The normalized spacial score (nSPS) is 11.0. The molecule has 0 aliphatic rings. The fourth-order valence-electron chi connectivity index (χ4n) is 2.35. The van der Waals surface area contributed by atoms with Gasteiger partial charge in [0.2, 0.25) is 0 Å². The summed E-state index contributed by atoms with van der Waals surface area (Å²) in [5, 5.41) is 3.18. The van der Waals surface area contributed by atoms with Crippen molar-refractivity contribution in [3.63, 3.8) is 0 Å². The summed E-state index contributed by atoms with van der Waals surface area (Å²) >= 11 is 0. The van der Waals surface area contributed by atoms with Crippen LogP contribution in [0, 0.1) is 13.8 Å². The Morgan fingerprint density at radius 2 is 2.00 bits per heavy atom. The third-order valence-corrected chi connectivity index (χ3v) is 3.11. The van der Waals surface area contributed by atoms with Crippen LogP contribution in [-0.2, 0) is 6.54 Å². The Hall–Kier alpha value is -1.06. The molecule has 0 atom stereocenters. The van der Waals surface area contributed by atoms with Crippen molar-refractivity contribution in [2.45, 2.75) is 26.8 Å². The third-order valence-electron chi connectivity index (χ3n) is 3.11. The minimum atomic E-state index is 0.940. The number of benzene rings is 1. The summed E-state index contributed by atoms with van der Waals surface area (Å²) in [6.07, 6.45) is 1.17. The van der Waals surface area contributed by atoms with E-state index in [1.54, 1.807) is 7.11 Å². The van der Waals surface area contributed by atoms with Crippen molar-refractivity contribution in [2.24, 2.45) is 0 Å². The SMILES string of the molecule is CNCCCN(C)Cc1cc(C)cc(C)c1OC. The highest BCUT2D eigenvalue weighted by Gasteiger charge is 2.09. The van der Waals surface area contributed by atoms with Crippen molar-refractivity contribution in [3.05, 3.63) is 28.8 Å². The van der Waals surface area contributed by atoms with Gasteiger partial charge < -0.3 is 15.0 Å². The van der Waals surface area contributed by atoms with Crippen LogP contribution in [0.4, 0.5) is 0 Å². The molecular weight excluding hydrogens is 224 g/mol. The first-order chi connectivity index (χ1) is 8.58. The molecule has 102 valence electrons. The van der Waals surface area contributed by atoms with Crippen molar-refractivity contribution in [1.82, 2.24) is 10.2 Å². The van der Waals surface area contributed by atoms with Gasteiger partial charge in [0, 0.05) is 12.1 Å². The summed E-state index contributed by atoms with van der Waals surface area (Å²) in [6.45, 7) is 7.34. The van der Waals surface area contributed by atoms with Crippen LogP contribution in [0.1, 0.15) is 23.1 Å². The second kappa shape index (κ2) is 7.39. The van der Waals surface area contributed by atoms with E-state index in [-0.39, 0.29) is 0 Å². The number of methoxy groups -OCH3 is 1. The highest BCUT2D eigenvalue weighted by molar-refractivity contribution is 5.43. The standard InChI is InChI=1S/C15H26N2O/c1-12-9-13(2)15(18-5)14(10-12)11-17(4)8-6-7-16-3/h9-10,16H,6-8,11H2,1-5H3. The van der Waals surface area contributed by atoms with Gasteiger partial charge in [-0.1, -0.05) is 17.7 Å². The molecule has 0 saturated carbocycles. The summed E-state index contributed by atoms with van der Waals surface area (Å²) in [6, 6.07) is 4.39. The predicted octanol–water partition coefficient (Wildman–Crippen LogP) is 2.35. The summed E-state index contributed by atoms with van der Waals surface area (Å²) in [7, 11) is 5.90. The molecule has 0 aliphatic heterocycles. The number of nitrogens with zero attached hydrogens (tertiary/aromatic N) is 1. The Bertz CT molecular complexity index is 377. The van der Waals surface area contributed by atoms with E-state index in [9.17, 15) is 0 Å². The molecule has 3 nitrogen and oxygen atoms in total. The van der Waals surface area contributed by atoms with E-state index in [0.29, 0.717) is 0 Å². The molecule has 18 heavy (non-hydrogen) atoms. The number of hydrogen-bond donors (Lipinski definition) is 1. The zero-order chi connectivity index (χ0) is 13.5. The van der Waals surface area contributed by atoms with Crippen LogP contribution in [0.15, 0.2) is 12.1 Å². The van der Waals surface area contributed by atoms with E-state index in [4.69, 9.17) is 4.74 Å². The molecule has 0 bridgehead atoms. The largest absolute Gasteiger partial charge is 0.496 e. The van der Waals surface area contributed by atoms with E-state index < -0.39 is 0 Å². The van der Waals surface area contributed by atoms with Crippen molar-refractivity contribution >= 4 is 0 Å². The molecule has 1 N–H and O–H groups in total. The van der Waals surface area contributed by atoms with E-state index in [2.05, 4.69) is 43.2 Å². The van der Waals surface area contributed by atoms with Gasteiger partial charge in [-0.05, 0) is 53.0 Å². The summed E-state index contributed by atoms with van der Waals surface area (Å²) in [4.78, 5) is 2.34. The Kier molecular flexibility index (Phi) is 6.16. The molecule has 0 saturated heterocycles. The van der Waals surface area contributed by atoms with E-state index in [0.717, 1.165) is 25.4 Å². The lowest BCUT2D eigenvalue weighted by molar-refractivity contribution is 0.312. The maximum Gasteiger partial charge on any atom is 0.126 e. The van der Waals surface area contributed by atoms with Crippen molar-refractivity contribution < 1.29 is 4.74 Å². The van der Waals surface area contributed by atoms with Crippen LogP contribution in [0.2, 0.25) is 0 Å². The number of aryl methyl sites for hydroxylation is 2. The third kappa shape index (κ3) is 4.31. The van der Waals surface area contributed by atoms with Crippen LogP contribution in [-0.4, -0.2) is 39.2 Å². The molecule has 0 unspecified atom stereocenters. The molecule has 0 aromatic heterocycles. The first kappa shape index (κ1) is 15.0. The smallest absolute Gasteiger partial charge is 0.126 e. The Morgan fingerprint density at radius 1 is 1.28 bits per heavy atom. The van der Waals surface area contributed by atoms with Gasteiger partial charge in [-0.15, -0.1) is 0 Å². The number of rotatable bonds is 7. The predicted molar refractivity (Wildman–Crippen MR) is 77.3 cm³/mol. The van der Waals surface area contributed by atoms with E-state index >= 15 is 0 Å². The van der Waals surface area contributed by atoms with Crippen LogP contribution in [0.25, 0.3) is 0 Å². The van der Waals surface area contributed by atoms with Crippen molar-refractivity contribution in [2.75, 3.05) is 34.3 Å². The van der Waals surface area contributed by atoms with Gasteiger partial charge in [0.15, 0.2) is 0 Å². The number of nitrogens with one attached hydrogen (secondary N) is 1. The number of hydrogen-bond acceptors (Lipinski definition) is 3. The Balaban J connectivity index is 2.70. The monoisotopic (exact) mass is 250 g/mol. The maximum atomic E-state index is 5.52. The maximum absolute atomic E-state index is 5.52. The minimum absolute atomic E-state index is 0.940. The van der Waals surface area contributed by atoms with Crippen LogP contribution in [0.3, 0.4) is 0 Å². The van der Waals surface area contributed by atoms with Gasteiger partial charge in [-0.3, -0.25) is 0 Å². The molecule has 3 heteroatoms. The fraction of sp³-hybridized carbons (Fsp3) is 0.600. The van der Waals surface area contributed by atoms with Gasteiger partial charge in [0.25, 0.3) is 0 Å². The molecule has 0 aliphatic carbocycles. The van der Waals surface area contributed by atoms with E-state index in [1.165, 1.54) is 23.1 Å². The average molecular weight is 250 g/mol. The second-order valence-electron chi connectivity index (χ2n) is 4.97. The molecule has 1 rings (SSSR count). The summed E-state index contributed by atoms with van der Waals surface area (Å²) in [5.41, 5.74) is 3.80. The van der Waals surface area contributed by atoms with Gasteiger partial charge in [-0.25, -0.2) is 0 Å². The summed E-state index contributed by atoms with van der Waals surface area (Å²) in [5.74, 6) is 1.03. The lowest BCUT2D eigenvalue weighted by atomic mass is 10.1. The molecule has 0 spiro atoms. The number of ether oxygens (including phenoxy) is 1. The molecule has 1 aromatic carbocycles. The highest BCUT2D eigenvalue weighted by atomic mass is 16.5. The Morgan fingerprint density at radius 3 is 2.61 bits per heavy atom. The molecule has 0 fully saturated rings. The highest BCUT2D eigenvalue weighted by Crippen LogP contribution is 2.26. The fourth-order valence-corrected chi connectivity index (χ4v) is 2.35. The van der Waals surface area contributed by atoms with Crippen LogP contribution < -0.4 is 10.1 Å². The topological polar surface area (TPSA) is 24.5 Å². The molecule has 0 amide bonds. The van der Waals surface area contributed by atoms with Crippen molar-refractivity contribution in [3.8, 4) is 5.75 Å². The lowest BCUT2D eigenvalue weighted by Crippen LogP contribution is -2.22. The van der Waals surface area contributed by atoms with Gasteiger partial charge in [0.05, 0.1) is 7.11 Å². The van der Waals surface area contributed by atoms with Gasteiger partial charge >= 0.3 is 0 Å². The Labute approximate surface area is 111 Å². The molecule has 0 radical (unpaired) electrons. The zero-order valence-corrected chi connectivity index (χ0v) is 12.3. The lowest BCUT2D eigenvalue weighted by Gasteiger charge is -2.20. The van der Waals surface area contributed by atoms with Crippen LogP contribution >= 0.6 is 0 Å². The van der Waals surface area contributed by atoms with E-state index in [1.807, 2.05) is 7.05 Å². The van der Waals surface area contributed by atoms with Gasteiger partial charge in [0.1, 0.15) is 5.75 Å². The van der Waals surface area contributed by atoms with Gasteiger partial charge in [-0.2, -0.15) is 0 Å². The summed E-state index contributed by atoms with van der Waals surface area (Å²) < 4.78 is 5.52. The first-order valence-corrected chi connectivity index (χ1v) is 6.55. The molecule has 1 aromatic rings. The molecule has 0 heterocycles. The average Bonchev–Trinajstić information content (AvgIpc) is 2.28. The van der Waals surface area contributed by atoms with Crippen molar-refractivity contribution in [1.29, 1.82) is 0 Å². The second-order valence-corrected chi connectivity index (χ2v) is 4.97. The van der Waals surface area contributed by atoms with Crippen LogP contribution in [0.5, 0.6) is 5.75 Å².